The SMILES string of the molecule is Cc1cc(C2C(c3ccccn3)NC(=S)N2c2ccc(OC3CCCC3)cc2)c(C)[nH]1. The van der Waals surface area contributed by atoms with E-state index in [-0.39, 0.29) is 12.1 Å². The molecule has 0 bridgehead atoms. The number of pyridine rings is 1. The molecule has 3 aromatic rings. The van der Waals surface area contributed by atoms with Crippen molar-refractivity contribution < 1.29 is 4.74 Å². The van der Waals surface area contributed by atoms with Crippen molar-refractivity contribution in [3.05, 3.63) is 77.4 Å². The van der Waals surface area contributed by atoms with Crippen LogP contribution < -0.4 is 15.0 Å². The lowest BCUT2D eigenvalue weighted by Crippen LogP contribution is -2.29. The second-order valence-corrected chi connectivity index (χ2v) is 8.93. The third-order valence-corrected chi connectivity index (χ3v) is 6.64. The number of rotatable bonds is 5. The van der Waals surface area contributed by atoms with Gasteiger partial charge in [0.1, 0.15) is 5.75 Å². The zero-order valence-corrected chi connectivity index (χ0v) is 18.8. The number of ether oxygens (including phenoxy) is 1. The Morgan fingerprint density at radius 1 is 1.06 bits per heavy atom. The summed E-state index contributed by atoms with van der Waals surface area (Å²) >= 11 is 5.82. The molecule has 2 N–H and O–H groups in total. The fourth-order valence-corrected chi connectivity index (χ4v) is 5.23. The lowest BCUT2D eigenvalue weighted by atomic mass is 9.96. The Hall–Kier alpha value is -2.86. The zero-order chi connectivity index (χ0) is 21.4. The molecule has 2 aliphatic rings. The van der Waals surface area contributed by atoms with Gasteiger partial charge >= 0.3 is 0 Å². The Kier molecular flexibility index (Phi) is 5.40. The topological polar surface area (TPSA) is 53.2 Å². The summed E-state index contributed by atoms with van der Waals surface area (Å²) in [6.45, 7) is 4.21. The summed E-state index contributed by atoms with van der Waals surface area (Å²) in [7, 11) is 0. The van der Waals surface area contributed by atoms with Gasteiger partial charge in [-0.3, -0.25) is 4.98 Å². The molecular formula is C25H28N4OS. The Labute approximate surface area is 188 Å². The fourth-order valence-electron chi connectivity index (χ4n) is 4.89. The third kappa shape index (κ3) is 3.92. The van der Waals surface area contributed by atoms with Crippen molar-refractivity contribution in [2.24, 2.45) is 0 Å². The van der Waals surface area contributed by atoms with Crippen LogP contribution in [-0.4, -0.2) is 21.2 Å². The highest BCUT2D eigenvalue weighted by molar-refractivity contribution is 7.80. The van der Waals surface area contributed by atoms with Gasteiger partial charge in [0, 0.05) is 23.3 Å². The van der Waals surface area contributed by atoms with Crippen molar-refractivity contribution in [1.82, 2.24) is 15.3 Å². The van der Waals surface area contributed by atoms with E-state index in [9.17, 15) is 0 Å². The zero-order valence-electron chi connectivity index (χ0n) is 18.0. The summed E-state index contributed by atoms with van der Waals surface area (Å²) in [6.07, 6.45) is 7.03. The predicted molar refractivity (Wildman–Crippen MR) is 128 cm³/mol. The van der Waals surface area contributed by atoms with Crippen molar-refractivity contribution in [2.75, 3.05) is 4.90 Å². The van der Waals surface area contributed by atoms with Crippen LogP contribution in [0, 0.1) is 13.8 Å². The highest BCUT2D eigenvalue weighted by Gasteiger charge is 2.41. The number of hydrogen-bond donors (Lipinski definition) is 2. The van der Waals surface area contributed by atoms with Crippen LogP contribution in [0.15, 0.2) is 54.7 Å². The van der Waals surface area contributed by atoms with E-state index in [1.54, 1.807) is 0 Å². The van der Waals surface area contributed by atoms with Gasteiger partial charge in [0.25, 0.3) is 0 Å². The largest absolute Gasteiger partial charge is 0.490 e. The van der Waals surface area contributed by atoms with Crippen molar-refractivity contribution in [2.45, 2.75) is 57.7 Å². The van der Waals surface area contributed by atoms with Crippen LogP contribution in [0.2, 0.25) is 0 Å². The van der Waals surface area contributed by atoms with Crippen LogP contribution in [0.25, 0.3) is 0 Å². The second kappa shape index (κ2) is 8.35. The first-order chi connectivity index (χ1) is 15.1. The first-order valence-electron chi connectivity index (χ1n) is 11.0. The number of nitrogens with one attached hydrogen (secondary N) is 2. The molecule has 0 spiro atoms. The summed E-state index contributed by atoms with van der Waals surface area (Å²) < 4.78 is 6.16. The van der Waals surface area contributed by atoms with E-state index in [0.29, 0.717) is 11.2 Å². The van der Waals surface area contributed by atoms with Crippen LogP contribution in [0.4, 0.5) is 5.69 Å². The highest BCUT2D eigenvalue weighted by Crippen LogP contribution is 2.43. The maximum absolute atomic E-state index is 6.16. The van der Waals surface area contributed by atoms with E-state index >= 15 is 0 Å². The average Bonchev–Trinajstić information content (AvgIpc) is 3.48. The number of aromatic nitrogens is 2. The molecule has 2 unspecified atom stereocenters. The van der Waals surface area contributed by atoms with Gasteiger partial charge in [-0.1, -0.05) is 6.07 Å². The Morgan fingerprint density at radius 3 is 2.48 bits per heavy atom. The molecule has 5 rings (SSSR count). The van der Waals surface area contributed by atoms with E-state index in [1.165, 1.54) is 18.4 Å². The van der Waals surface area contributed by atoms with E-state index in [4.69, 9.17) is 17.0 Å². The molecule has 1 saturated heterocycles. The molecule has 0 amide bonds. The second-order valence-electron chi connectivity index (χ2n) is 8.55. The van der Waals surface area contributed by atoms with Gasteiger partial charge in [0.2, 0.25) is 0 Å². The molecule has 1 aromatic carbocycles. The summed E-state index contributed by atoms with van der Waals surface area (Å²) in [5, 5.41) is 4.24. The molecule has 2 atom stereocenters. The number of hydrogen-bond acceptors (Lipinski definition) is 3. The number of aryl methyl sites for hydroxylation is 2. The fraction of sp³-hybridized carbons (Fsp3) is 0.360. The average molecular weight is 433 g/mol. The maximum Gasteiger partial charge on any atom is 0.174 e. The molecular weight excluding hydrogens is 404 g/mol. The van der Waals surface area contributed by atoms with Crippen molar-refractivity contribution >= 4 is 23.0 Å². The molecule has 1 aliphatic heterocycles. The van der Waals surface area contributed by atoms with Gasteiger partial charge in [-0.25, -0.2) is 0 Å². The monoisotopic (exact) mass is 432 g/mol. The van der Waals surface area contributed by atoms with E-state index < -0.39 is 0 Å². The Morgan fingerprint density at radius 2 is 1.84 bits per heavy atom. The lowest BCUT2D eigenvalue weighted by Gasteiger charge is -2.28. The van der Waals surface area contributed by atoms with E-state index in [2.05, 4.69) is 70.4 Å². The van der Waals surface area contributed by atoms with Gasteiger partial charge in [0.05, 0.1) is 23.9 Å². The quantitative estimate of drug-likeness (QED) is 0.520. The minimum absolute atomic E-state index is 0.00829. The standard InChI is InChI=1S/C25H28N4OS/c1-16-15-21(17(2)27-16)24-23(22-9-5-6-14-26-22)28-25(31)29(24)18-10-12-20(13-11-18)30-19-7-3-4-8-19/h5-6,9-15,19,23-24,27H,3-4,7-8H2,1-2H3,(H,28,31). The molecule has 1 aliphatic carbocycles. The molecule has 6 heteroatoms. The molecule has 1 saturated carbocycles. The number of nitrogens with zero attached hydrogens (tertiary/aromatic N) is 2. The highest BCUT2D eigenvalue weighted by atomic mass is 32.1. The van der Waals surface area contributed by atoms with Crippen LogP contribution in [0.1, 0.15) is 60.4 Å². The van der Waals surface area contributed by atoms with Crippen LogP contribution in [0.3, 0.4) is 0 Å². The summed E-state index contributed by atoms with van der Waals surface area (Å²) in [6, 6.07) is 16.6. The first kappa shape index (κ1) is 20.1. The van der Waals surface area contributed by atoms with Gasteiger partial charge in [-0.15, -0.1) is 0 Å². The summed E-state index contributed by atoms with van der Waals surface area (Å²) in [4.78, 5) is 10.3. The Balaban J connectivity index is 1.49. The van der Waals surface area contributed by atoms with Gasteiger partial charge in [-0.2, -0.15) is 0 Å². The third-order valence-electron chi connectivity index (χ3n) is 6.33. The molecule has 0 radical (unpaired) electrons. The summed E-state index contributed by atoms with van der Waals surface area (Å²) in [5.41, 5.74) is 5.56. The van der Waals surface area contributed by atoms with E-state index in [1.807, 2.05) is 18.3 Å². The first-order valence-corrected chi connectivity index (χ1v) is 11.4. The molecule has 5 nitrogen and oxygen atoms in total. The number of benzene rings is 1. The maximum atomic E-state index is 6.16. The number of anilines is 1. The Bertz CT molecular complexity index is 1060. The lowest BCUT2D eigenvalue weighted by molar-refractivity contribution is 0.210. The van der Waals surface area contributed by atoms with Crippen LogP contribution in [-0.2, 0) is 0 Å². The van der Waals surface area contributed by atoms with E-state index in [0.717, 1.165) is 41.4 Å². The molecule has 2 fully saturated rings. The number of aromatic amines is 1. The smallest absolute Gasteiger partial charge is 0.174 e. The van der Waals surface area contributed by atoms with Crippen molar-refractivity contribution in [3.63, 3.8) is 0 Å². The molecule has 3 heterocycles. The molecule has 160 valence electrons. The summed E-state index contributed by atoms with van der Waals surface area (Å²) in [5.74, 6) is 0.931. The van der Waals surface area contributed by atoms with Crippen molar-refractivity contribution in [3.8, 4) is 5.75 Å². The van der Waals surface area contributed by atoms with Crippen LogP contribution >= 0.6 is 12.2 Å². The number of H-pyrrole nitrogens is 1. The van der Waals surface area contributed by atoms with Gasteiger partial charge < -0.3 is 19.9 Å². The molecule has 31 heavy (non-hydrogen) atoms. The normalized spacial score (nSPS) is 21.5. The predicted octanol–water partition coefficient (Wildman–Crippen LogP) is 5.53. The van der Waals surface area contributed by atoms with Gasteiger partial charge in [0.15, 0.2) is 5.11 Å². The minimum Gasteiger partial charge on any atom is -0.490 e. The number of thiocarbonyl (C=S) groups is 1. The van der Waals surface area contributed by atoms with Crippen molar-refractivity contribution in [1.29, 1.82) is 0 Å². The molecule has 2 aromatic heterocycles. The van der Waals surface area contributed by atoms with Gasteiger partial charge in [-0.05, 0) is 99.8 Å². The minimum atomic E-state index is -0.0305. The van der Waals surface area contributed by atoms with Crippen LogP contribution in [0.5, 0.6) is 5.75 Å².